The maximum Gasteiger partial charge on any atom is 0.0167 e. The van der Waals surface area contributed by atoms with Gasteiger partial charge in [-0.25, -0.2) is 0 Å². The van der Waals surface area contributed by atoms with Crippen molar-refractivity contribution in [1.82, 2.24) is 9.80 Å². The fraction of sp³-hybridized carbons (Fsp3) is 1.00. The van der Waals surface area contributed by atoms with Gasteiger partial charge in [-0.2, -0.15) is 0 Å². The van der Waals surface area contributed by atoms with Gasteiger partial charge in [0.1, 0.15) is 0 Å². The fourth-order valence-corrected chi connectivity index (χ4v) is 2.31. The van der Waals surface area contributed by atoms with Crippen molar-refractivity contribution in [2.45, 2.75) is 39.2 Å². The van der Waals surface area contributed by atoms with E-state index in [0.29, 0.717) is 6.04 Å². The molecule has 0 spiro atoms. The summed E-state index contributed by atoms with van der Waals surface area (Å²) in [5.41, 5.74) is 6.05. The maximum atomic E-state index is 6.05. The van der Waals surface area contributed by atoms with Crippen LogP contribution in [0, 0.1) is 0 Å². The molecule has 1 rings (SSSR count). The van der Waals surface area contributed by atoms with Crippen LogP contribution in [0.4, 0.5) is 0 Å². The molecule has 2 N–H and O–H groups in total. The van der Waals surface area contributed by atoms with Gasteiger partial charge in [0.25, 0.3) is 0 Å². The zero-order valence-electron chi connectivity index (χ0n) is 10.4. The third-order valence-electron chi connectivity index (χ3n) is 3.16. The summed E-state index contributed by atoms with van der Waals surface area (Å²) in [5.74, 6) is 0. The number of hydrogen-bond donors (Lipinski definition) is 1. The topological polar surface area (TPSA) is 32.5 Å². The van der Waals surface area contributed by atoms with E-state index in [0.717, 1.165) is 13.0 Å². The summed E-state index contributed by atoms with van der Waals surface area (Å²) in [5, 5.41) is 0. The Labute approximate surface area is 94.6 Å². The molecule has 0 aliphatic carbocycles. The Morgan fingerprint density at radius 1 is 1.00 bits per heavy atom. The minimum Gasteiger partial charge on any atom is -0.327 e. The van der Waals surface area contributed by atoms with Crippen LogP contribution in [0.3, 0.4) is 0 Å². The van der Waals surface area contributed by atoms with Gasteiger partial charge in [-0.1, -0.05) is 20.3 Å². The van der Waals surface area contributed by atoms with Gasteiger partial charge in [0.2, 0.25) is 0 Å². The molecule has 90 valence electrons. The van der Waals surface area contributed by atoms with E-state index < -0.39 is 0 Å². The molecule has 0 amide bonds. The van der Waals surface area contributed by atoms with E-state index >= 15 is 0 Å². The Morgan fingerprint density at radius 3 is 2.13 bits per heavy atom. The molecule has 1 unspecified atom stereocenters. The van der Waals surface area contributed by atoms with Crippen molar-refractivity contribution in [2.75, 3.05) is 39.3 Å². The van der Waals surface area contributed by atoms with Crippen LogP contribution in [0.25, 0.3) is 0 Å². The van der Waals surface area contributed by atoms with Gasteiger partial charge in [-0.15, -0.1) is 0 Å². The second-order valence-corrected chi connectivity index (χ2v) is 4.69. The molecule has 0 saturated carbocycles. The van der Waals surface area contributed by atoms with Crippen molar-refractivity contribution in [2.24, 2.45) is 5.73 Å². The molecule has 1 aliphatic heterocycles. The van der Waals surface area contributed by atoms with Gasteiger partial charge < -0.3 is 10.6 Å². The molecule has 1 atom stereocenters. The van der Waals surface area contributed by atoms with E-state index in [1.807, 2.05) is 0 Å². The zero-order chi connectivity index (χ0) is 11.1. The molecule has 1 aliphatic rings. The lowest BCUT2D eigenvalue weighted by Crippen LogP contribution is -2.49. The molecule has 1 heterocycles. The molecule has 15 heavy (non-hydrogen) atoms. The third-order valence-corrected chi connectivity index (χ3v) is 3.16. The molecule has 0 aromatic heterocycles. The van der Waals surface area contributed by atoms with Gasteiger partial charge >= 0.3 is 0 Å². The van der Waals surface area contributed by atoms with Crippen LogP contribution in [-0.4, -0.2) is 55.1 Å². The second-order valence-electron chi connectivity index (χ2n) is 4.69. The molecule has 1 fully saturated rings. The highest BCUT2D eigenvalue weighted by Crippen LogP contribution is 2.04. The summed E-state index contributed by atoms with van der Waals surface area (Å²) in [7, 11) is 0. The highest BCUT2D eigenvalue weighted by atomic mass is 15.3. The predicted octanol–water partition coefficient (Wildman–Crippen LogP) is 1.14. The van der Waals surface area contributed by atoms with Crippen LogP contribution in [0.5, 0.6) is 0 Å². The van der Waals surface area contributed by atoms with E-state index in [2.05, 4.69) is 23.6 Å². The van der Waals surface area contributed by atoms with Crippen molar-refractivity contribution in [1.29, 1.82) is 0 Å². The Balaban J connectivity index is 2.14. The Hall–Kier alpha value is -0.120. The van der Waals surface area contributed by atoms with Crippen molar-refractivity contribution in [3.05, 3.63) is 0 Å². The first kappa shape index (κ1) is 12.9. The third kappa shape index (κ3) is 4.96. The van der Waals surface area contributed by atoms with E-state index in [1.165, 1.54) is 45.6 Å². The number of piperazine rings is 1. The summed E-state index contributed by atoms with van der Waals surface area (Å²) in [4.78, 5) is 5.08. The highest BCUT2D eigenvalue weighted by molar-refractivity contribution is 4.75. The molecular weight excluding hydrogens is 186 g/mol. The number of nitrogens with two attached hydrogens (primary N) is 1. The zero-order valence-corrected chi connectivity index (χ0v) is 10.4. The lowest BCUT2D eigenvalue weighted by atomic mass is 10.1. The second kappa shape index (κ2) is 7.20. The Morgan fingerprint density at radius 2 is 1.60 bits per heavy atom. The van der Waals surface area contributed by atoms with E-state index in [9.17, 15) is 0 Å². The molecule has 3 heteroatoms. The lowest BCUT2D eigenvalue weighted by Gasteiger charge is -2.35. The lowest BCUT2D eigenvalue weighted by molar-refractivity contribution is 0.126. The summed E-state index contributed by atoms with van der Waals surface area (Å²) in [6.45, 7) is 11.7. The largest absolute Gasteiger partial charge is 0.327 e. The molecule has 0 radical (unpaired) electrons. The van der Waals surface area contributed by atoms with Crippen LogP contribution in [-0.2, 0) is 0 Å². The molecule has 1 saturated heterocycles. The average molecular weight is 213 g/mol. The van der Waals surface area contributed by atoms with Crippen molar-refractivity contribution in [3.8, 4) is 0 Å². The molecule has 0 bridgehead atoms. The Kier molecular flexibility index (Phi) is 6.22. The highest BCUT2D eigenvalue weighted by Gasteiger charge is 2.17. The van der Waals surface area contributed by atoms with Crippen molar-refractivity contribution >= 4 is 0 Å². The first-order chi connectivity index (χ1) is 7.26. The van der Waals surface area contributed by atoms with Crippen LogP contribution in [0.15, 0.2) is 0 Å². The number of hydrogen-bond acceptors (Lipinski definition) is 3. The van der Waals surface area contributed by atoms with Gasteiger partial charge in [0.05, 0.1) is 0 Å². The van der Waals surface area contributed by atoms with Gasteiger partial charge in [0, 0.05) is 38.8 Å². The van der Waals surface area contributed by atoms with E-state index in [4.69, 9.17) is 5.73 Å². The molecular formula is C12H27N3. The van der Waals surface area contributed by atoms with Crippen LogP contribution >= 0.6 is 0 Å². The normalized spacial score (nSPS) is 21.8. The van der Waals surface area contributed by atoms with Crippen LogP contribution < -0.4 is 5.73 Å². The number of nitrogens with zero attached hydrogens (tertiary/aromatic N) is 2. The van der Waals surface area contributed by atoms with Crippen LogP contribution in [0.2, 0.25) is 0 Å². The average Bonchev–Trinajstić information content (AvgIpc) is 2.22. The molecule has 3 nitrogen and oxygen atoms in total. The first-order valence-electron chi connectivity index (χ1n) is 6.46. The summed E-state index contributed by atoms with van der Waals surface area (Å²) in [6.07, 6.45) is 3.64. The fourth-order valence-electron chi connectivity index (χ4n) is 2.31. The minimum atomic E-state index is 0.382. The van der Waals surface area contributed by atoms with Crippen LogP contribution in [0.1, 0.15) is 33.1 Å². The van der Waals surface area contributed by atoms with Gasteiger partial charge in [0.15, 0.2) is 0 Å². The summed E-state index contributed by atoms with van der Waals surface area (Å²) in [6, 6.07) is 0.382. The molecule has 0 aromatic rings. The van der Waals surface area contributed by atoms with Crippen molar-refractivity contribution < 1.29 is 0 Å². The standard InChI is InChI=1S/C12H27N3/c1-3-5-12(13)11-15-9-7-14(6-4-2)8-10-15/h12H,3-11,13H2,1-2H3. The quantitative estimate of drug-likeness (QED) is 0.718. The van der Waals surface area contributed by atoms with Gasteiger partial charge in [-0.3, -0.25) is 4.90 Å². The first-order valence-corrected chi connectivity index (χ1v) is 6.46. The summed E-state index contributed by atoms with van der Waals surface area (Å²) < 4.78 is 0. The Bertz CT molecular complexity index is 153. The van der Waals surface area contributed by atoms with E-state index in [1.54, 1.807) is 0 Å². The molecule has 0 aromatic carbocycles. The number of rotatable bonds is 6. The summed E-state index contributed by atoms with van der Waals surface area (Å²) >= 11 is 0. The maximum absolute atomic E-state index is 6.05. The SMILES string of the molecule is CCCC(N)CN1CCN(CCC)CC1. The minimum absolute atomic E-state index is 0.382. The van der Waals surface area contributed by atoms with Crippen molar-refractivity contribution in [3.63, 3.8) is 0 Å². The van der Waals surface area contributed by atoms with E-state index in [-0.39, 0.29) is 0 Å². The van der Waals surface area contributed by atoms with Gasteiger partial charge in [-0.05, 0) is 19.4 Å². The predicted molar refractivity (Wildman–Crippen MR) is 66.1 cm³/mol. The monoisotopic (exact) mass is 213 g/mol. The smallest absolute Gasteiger partial charge is 0.0167 e.